The van der Waals surface area contributed by atoms with E-state index in [1.807, 2.05) is 12.1 Å². The third kappa shape index (κ3) is 2.50. The Hall–Kier alpha value is -0.930. The van der Waals surface area contributed by atoms with Crippen LogP contribution in [0, 0.1) is 17.7 Å². The molecule has 0 amide bonds. The molecule has 0 spiro atoms. The van der Waals surface area contributed by atoms with Crippen molar-refractivity contribution < 1.29 is 4.39 Å². The Balaban J connectivity index is 1.60. The first-order chi connectivity index (χ1) is 8.31. The van der Waals surface area contributed by atoms with Crippen LogP contribution in [0.5, 0.6) is 0 Å². The van der Waals surface area contributed by atoms with Gasteiger partial charge in [-0.3, -0.25) is 4.90 Å². The summed E-state index contributed by atoms with van der Waals surface area (Å²) >= 11 is 0. The van der Waals surface area contributed by atoms with Crippen LogP contribution in [0.1, 0.15) is 12.0 Å². The molecule has 2 unspecified atom stereocenters. The molecule has 3 rings (SSSR count). The van der Waals surface area contributed by atoms with Gasteiger partial charge in [0.05, 0.1) is 0 Å². The lowest BCUT2D eigenvalue weighted by Crippen LogP contribution is -2.39. The fourth-order valence-corrected chi connectivity index (χ4v) is 3.10. The fraction of sp³-hybridized carbons (Fsp3) is 0.571. The molecule has 1 N–H and O–H groups in total. The van der Waals surface area contributed by atoms with Crippen molar-refractivity contribution in [2.24, 2.45) is 11.8 Å². The van der Waals surface area contributed by atoms with Gasteiger partial charge in [-0.1, -0.05) is 12.1 Å². The number of hydrogen-bond donors (Lipinski definition) is 1. The maximum absolute atomic E-state index is 12.8. The number of likely N-dealkylation sites (tertiary alicyclic amines) is 1. The largest absolute Gasteiger partial charge is 0.316 e. The lowest BCUT2D eigenvalue weighted by molar-refractivity contribution is 0.142. The van der Waals surface area contributed by atoms with Crippen molar-refractivity contribution in [2.45, 2.75) is 13.0 Å². The van der Waals surface area contributed by atoms with Gasteiger partial charge in [0.25, 0.3) is 0 Å². The first-order valence-corrected chi connectivity index (χ1v) is 6.49. The second-order valence-corrected chi connectivity index (χ2v) is 5.33. The van der Waals surface area contributed by atoms with E-state index in [4.69, 9.17) is 0 Å². The number of rotatable bonds is 2. The van der Waals surface area contributed by atoms with Crippen molar-refractivity contribution in [2.75, 3.05) is 26.2 Å². The molecule has 0 radical (unpaired) electrons. The van der Waals surface area contributed by atoms with E-state index in [9.17, 15) is 4.39 Å². The minimum Gasteiger partial charge on any atom is -0.316 e. The number of fused-ring (bicyclic) bond motifs is 1. The minimum absolute atomic E-state index is 0.146. The standard InChI is InChI=1S/C14H19FN2/c15-14-3-1-11(2-4-14)9-17-6-5-12-7-16-8-13(12)10-17/h1-4,12-13,16H,5-10H2. The molecule has 2 aliphatic rings. The van der Waals surface area contributed by atoms with Crippen molar-refractivity contribution in [3.63, 3.8) is 0 Å². The summed E-state index contributed by atoms with van der Waals surface area (Å²) in [6, 6.07) is 6.90. The van der Waals surface area contributed by atoms with E-state index < -0.39 is 0 Å². The van der Waals surface area contributed by atoms with E-state index in [1.54, 1.807) is 12.1 Å². The third-order valence-electron chi connectivity index (χ3n) is 4.11. The lowest BCUT2D eigenvalue weighted by Gasteiger charge is -2.34. The molecule has 17 heavy (non-hydrogen) atoms. The van der Waals surface area contributed by atoms with Crippen LogP contribution in [0.3, 0.4) is 0 Å². The van der Waals surface area contributed by atoms with Crippen LogP contribution < -0.4 is 5.32 Å². The van der Waals surface area contributed by atoms with Gasteiger partial charge in [0.2, 0.25) is 0 Å². The smallest absolute Gasteiger partial charge is 0.123 e. The molecule has 0 saturated carbocycles. The fourth-order valence-electron chi connectivity index (χ4n) is 3.10. The number of piperidine rings is 1. The van der Waals surface area contributed by atoms with Gasteiger partial charge < -0.3 is 5.32 Å². The Morgan fingerprint density at radius 1 is 1.18 bits per heavy atom. The maximum Gasteiger partial charge on any atom is 0.123 e. The SMILES string of the molecule is Fc1ccc(CN2CCC3CNCC3C2)cc1. The van der Waals surface area contributed by atoms with Crippen LogP contribution >= 0.6 is 0 Å². The van der Waals surface area contributed by atoms with E-state index in [-0.39, 0.29) is 5.82 Å². The molecule has 2 aliphatic heterocycles. The van der Waals surface area contributed by atoms with Crippen LogP contribution in [-0.2, 0) is 6.54 Å². The van der Waals surface area contributed by atoms with E-state index in [0.29, 0.717) is 0 Å². The molecule has 1 aromatic carbocycles. The van der Waals surface area contributed by atoms with Crippen LogP contribution in [-0.4, -0.2) is 31.1 Å². The lowest BCUT2D eigenvalue weighted by atomic mass is 9.88. The zero-order chi connectivity index (χ0) is 11.7. The molecule has 2 nitrogen and oxygen atoms in total. The van der Waals surface area contributed by atoms with Crippen LogP contribution in [0.15, 0.2) is 24.3 Å². The van der Waals surface area contributed by atoms with Gasteiger partial charge >= 0.3 is 0 Å². The van der Waals surface area contributed by atoms with Crippen LogP contribution in [0.25, 0.3) is 0 Å². The molecule has 2 heterocycles. The second-order valence-electron chi connectivity index (χ2n) is 5.33. The van der Waals surface area contributed by atoms with Crippen molar-refractivity contribution >= 4 is 0 Å². The highest BCUT2D eigenvalue weighted by Gasteiger charge is 2.32. The summed E-state index contributed by atoms with van der Waals surface area (Å²) in [5.41, 5.74) is 1.22. The van der Waals surface area contributed by atoms with E-state index >= 15 is 0 Å². The predicted molar refractivity (Wildman–Crippen MR) is 66.1 cm³/mol. The number of nitrogens with one attached hydrogen (secondary N) is 1. The van der Waals surface area contributed by atoms with Gasteiger partial charge in [-0.15, -0.1) is 0 Å². The van der Waals surface area contributed by atoms with Gasteiger partial charge in [-0.2, -0.15) is 0 Å². The molecule has 0 aliphatic carbocycles. The Morgan fingerprint density at radius 2 is 1.94 bits per heavy atom. The molecule has 0 bridgehead atoms. The molecule has 2 atom stereocenters. The monoisotopic (exact) mass is 234 g/mol. The summed E-state index contributed by atoms with van der Waals surface area (Å²) in [4.78, 5) is 2.50. The van der Waals surface area contributed by atoms with Crippen molar-refractivity contribution in [1.82, 2.24) is 10.2 Å². The van der Waals surface area contributed by atoms with Crippen molar-refractivity contribution in [3.8, 4) is 0 Å². The van der Waals surface area contributed by atoms with Gasteiger partial charge in [0.1, 0.15) is 5.82 Å². The summed E-state index contributed by atoms with van der Waals surface area (Å²) in [6.45, 7) is 5.71. The van der Waals surface area contributed by atoms with Gasteiger partial charge in [0.15, 0.2) is 0 Å². The van der Waals surface area contributed by atoms with Crippen molar-refractivity contribution in [3.05, 3.63) is 35.6 Å². The van der Waals surface area contributed by atoms with Gasteiger partial charge in [0, 0.05) is 13.1 Å². The number of hydrogen-bond acceptors (Lipinski definition) is 2. The van der Waals surface area contributed by atoms with E-state index in [1.165, 1.54) is 38.2 Å². The average Bonchev–Trinajstić information content (AvgIpc) is 2.79. The normalized spacial score (nSPS) is 29.2. The molecule has 1 aromatic rings. The summed E-state index contributed by atoms with van der Waals surface area (Å²) in [7, 11) is 0. The Kier molecular flexibility index (Phi) is 3.12. The summed E-state index contributed by atoms with van der Waals surface area (Å²) in [5, 5.41) is 3.48. The molecule has 2 fully saturated rings. The molecule has 0 aromatic heterocycles. The third-order valence-corrected chi connectivity index (χ3v) is 4.11. The quantitative estimate of drug-likeness (QED) is 0.840. The highest BCUT2D eigenvalue weighted by Crippen LogP contribution is 2.27. The first-order valence-electron chi connectivity index (χ1n) is 6.49. The summed E-state index contributed by atoms with van der Waals surface area (Å²) in [6.07, 6.45) is 1.30. The Labute approximate surface area is 102 Å². The molecule has 92 valence electrons. The van der Waals surface area contributed by atoms with Crippen molar-refractivity contribution in [1.29, 1.82) is 0 Å². The number of halogens is 1. The second kappa shape index (κ2) is 4.75. The Bertz CT molecular complexity index is 376. The maximum atomic E-state index is 12.8. The summed E-state index contributed by atoms with van der Waals surface area (Å²) in [5.74, 6) is 1.57. The van der Waals surface area contributed by atoms with Gasteiger partial charge in [-0.25, -0.2) is 4.39 Å². The van der Waals surface area contributed by atoms with Gasteiger partial charge in [-0.05, 0) is 55.6 Å². The van der Waals surface area contributed by atoms with E-state index in [2.05, 4.69) is 10.2 Å². The molecule has 3 heteroatoms. The highest BCUT2D eigenvalue weighted by molar-refractivity contribution is 5.16. The predicted octanol–water partition coefficient (Wildman–Crippen LogP) is 1.87. The van der Waals surface area contributed by atoms with E-state index in [0.717, 1.165) is 18.4 Å². The minimum atomic E-state index is -0.146. The molecular weight excluding hydrogens is 215 g/mol. The van der Waals surface area contributed by atoms with Crippen LogP contribution in [0.4, 0.5) is 4.39 Å². The zero-order valence-electron chi connectivity index (χ0n) is 10.0. The summed E-state index contributed by atoms with van der Waals surface area (Å²) < 4.78 is 12.8. The average molecular weight is 234 g/mol. The highest BCUT2D eigenvalue weighted by atomic mass is 19.1. The molecular formula is C14H19FN2. The van der Waals surface area contributed by atoms with Crippen LogP contribution in [0.2, 0.25) is 0 Å². The Morgan fingerprint density at radius 3 is 2.76 bits per heavy atom. The molecule has 2 saturated heterocycles. The topological polar surface area (TPSA) is 15.3 Å². The first kappa shape index (κ1) is 11.2. The number of benzene rings is 1. The zero-order valence-corrected chi connectivity index (χ0v) is 10.0. The number of nitrogens with zero attached hydrogens (tertiary/aromatic N) is 1.